The number of nitrogens with zero attached hydrogens (tertiary/aromatic N) is 2. The van der Waals surface area contributed by atoms with E-state index in [2.05, 4.69) is 15.6 Å². The van der Waals surface area contributed by atoms with Crippen LogP contribution >= 0.6 is 0 Å². The van der Waals surface area contributed by atoms with E-state index in [0.29, 0.717) is 23.6 Å². The normalized spacial score (nSPS) is 22.6. The summed E-state index contributed by atoms with van der Waals surface area (Å²) in [6.07, 6.45) is 4.91. The summed E-state index contributed by atoms with van der Waals surface area (Å²) in [7, 11) is 1.57. The Hall–Kier alpha value is -3.62. The number of benzene rings is 1. The van der Waals surface area contributed by atoms with E-state index in [-0.39, 0.29) is 24.2 Å². The fraction of sp³-hybridized carbons (Fsp3) is 0.391. The molecule has 2 atom stereocenters. The molecule has 1 aromatic carbocycles. The molecule has 2 fully saturated rings. The quantitative estimate of drug-likeness (QED) is 0.670. The van der Waals surface area contributed by atoms with Gasteiger partial charge in [-0.15, -0.1) is 0 Å². The van der Waals surface area contributed by atoms with E-state index < -0.39 is 17.5 Å². The minimum atomic E-state index is -0.896. The molecule has 168 valence electrons. The molecular weight excluding hydrogens is 412 g/mol. The van der Waals surface area contributed by atoms with Crippen LogP contribution in [0.5, 0.6) is 17.4 Å². The van der Waals surface area contributed by atoms with Crippen molar-refractivity contribution < 1.29 is 23.9 Å². The van der Waals surface area contributed by atoms with Crippen LogP contribution in [0.4, 0.5) is 10.5 Å². The molecular formula is C23H26N4O5. The lowest BCUT2D eigenvalue weighted by Gasteiger charge is -2.36. The number of pyridine rings is 1. The third kappa shape index (κ3) is 4.10. The van der Waals surface area contributed by atoms with Crippen LogP contribution in [0.2, 0.25) is 0 Å². The summed E-state index contributed by atoms with van der Waals surface area (Å²) in [6, 6.07) is 9.70. The third-order valence-corrected chi connectivity index (χ3v) is 6.12. The number of rotatable bonds is 6. The van der Waals surface area contributed by atoms with E-state index in [1.54, 1.807) is 49.7 Å². The van der Waals surface area contributed by atoms with Crippen LogP contribution in [-0.4, -0.2) is 46.9 Å². The average Bonchev–Trinajstić information content (AvgIpc) is 3.02. The minimum Gasteiger partial charge on any atom is -0.497 e. The maximum absolute atomic E-state index is 13.1. The number of urea groups is 1. The van der Waals surface area contributed by atoms with Crippen LogP contribution in [0.15, 0.2) is 42.6 Å². The van der Waals surface area contributed by atoms with Crippen molar-refractivity contribution in [2.75, 3.05) is 19.0 Å². The van der Waals surface area contributed by atoms with Gasteiger partial charge in [0.25, 0.3) is 5.91 Å². The van der Waals surface area contributed by atoms with Crippen molar-refractivity contribution in [3.05, 3.63) is 42.6 Å². The number of nitrogens with one attached hydrogen (secondary N) is 2. The SMILES string of the molecule is COc1ccc(Oc2ncccc2NC(=O)CN2C(=O)N[C@]3(CCCC[C@H]3C)C2=O)cc1. The number of hydrogen-bond acceptors (Lipinski definition) is 6. The van der Waals surface area contributed by atoms with Crippen LogP contribution in [0.25, 0.3) is 0 Å². The number of imide groups is 1. The molecule has 2 N–H and O–H groups in total. The summed E-state index contributed by atoms with van der Waals surface area (Å²) in [5.74, 6) is 0.587. The van der Waals surface area contributed by atoms with E-state index in [1.165, 1.54) is 0 Å². The van der Waals surface area contributed by atoms with Crippen molar-refractivity contribution in [3.8, 4) is 17.4 Å². The summed E-state index contributed by atoms with van der Waals surface area (Å²) in [6.45, 7) is 1.59. The predicted octanol–water partition coefficient (Wildman–Crippen LogP) is 3.32. The first-order valence-corrected chi connectivity index (χ1v) is 10.6. The number of amides is 4. The Morgan fingerprint density at radius 2 is 1.97 bits per heavy atom. The number of methoxy groups -OCH3 is 1. The number of carbonyl (C=O) groups is 3. The Kier molecular flexibility index (Phi) is 5.98. The second-order valence-corrected chi connectivity index (χ2v) is 8.12. The summed E-state index contributed by atoms with van der Waals surface area (Å²) in [4.78, 5) is 43.5. The molecule has 0 unspecified atom stereocenters. The van der Waals surface area contributed by atoms with E-state index in [0.717, 1.165) is 24.2 Å². The van der Waals surface area contributed by atoms with Gasteiger partial charge >= 0.3 is 6.03 Å². The monoisotopic (exact) mass is 438 g/mol. The lowest BCUT2D eigenvalue weighted by Crippen LogP contribution is -2.54. The summed E-state index contributed by atoms with van der Waals surface area (Å²) in [5, 5.41) is 5.55. The van der Waals surface area contributed by atoms with Gasteiger partial charge in [0.05, 0.1) is 7.11 Å². The molecule has 1 aromatic heterocycles. The van der Waals surface area contributed by atoms with E-state index in [4.69, 9.17) is 9.47 Å². The fourth-order valence-electron chi connectivity index (χ4n) is 4.30. The number of carbonyl (C=O) groups excluding carboxylic acids is 3. The Morgan fingerprint density at radius 1 is 1.22 bits per heavy atom. The smallest absolute Gasteiger partial charge is 0.325 e. The molecule has 0 radical (unpaired) electrons. The summed E-state index contributed by atoms with van der Waals surface area (Å²) < 4.78 is 10.9. The van der Waals surface area contributed by atoms with Crippen LogP contribution in [0, 0.1) is 5.92 Å². The second-order valence-electron chi connectivity index (χ2n) is 8.12. The van der Waals surface area contributed by atoms with Gasteiger partial charge in [0, 0.05) is 6.20 Å². The van der Waals surface area contributed by atoms with Gasteiger partial charge in [-0.2, -0.15) is 0 Å². The Bertz CT molecular complexity index is 1030. The van der Waals surface area contributed by atoms with Crippen molar-refractivity contribution in [3.63, 3.8) is 0 Å². The Labute approximate surface area is 186 Å². The van der Waals surface area contributed by atoms with Crippen LogP contribution in [0.1, 0.15) is 32.6 Å². The molecule has 2 aliphatic rings. The van der Waals surface area contributed by atoms with Crippen molar-refractivity contribution in [1.29, 1.82) is 0 Å². The highest BCUT2D eigenvalue weighted by molar-refractivity contribution is 6.10. The highest BCUT2D eigenvalue weighted by atomic mass is 16.5. The first-order valence-electron chi connectivity index (χ1n) is 10.6. The molecule has 1 spiro atoms. The van der Waals surface area contributed by atoms with Gasteiger partial charge in [-0.05, 0) is 55.2 Å². The lowest BCUT2D eigenvalue weighted by molar-refractivity contribution is -0.136. The highest BCUT2D eigenvalue weighted by Gasteiger charge is 2.55. The molecule has 9 nitrogen and oxygen atoms in total. The maximum atomic E-state index is 13.1. The zero-order valence-corrected chi connectivity index (χ0v) is 18.1. The van der Waals surface area contributed by atoms with Crippen molar-refractivity contribution in [2.24, 2.45) is 5.92 Å². The third-order valence-electron chi connectivity index (χ3n) is 6.12. The number of hydrogen-bond donors (Lipinski definition) is 2. The van der Waals surface area contributed by atoms with Gasteiger partial charge in [0.15, 0.2) is 0 Å². The zero-order chi connectivity index (χ0) is 22.7. The standard InChI is InChI=1S/C23H26N4O5/c1-15-6-3-4-12-23(15)21(29)27(22(30)26-23)14-19(28)25-18-7-5-13-24-20(18)32-17-10-8-16(31-2)9-11-17/h5,7-11,13,15H,3-4,6,12,14H2,1-2H3,(H,25,28)(H,26,30)/t15-,23+/m1/s1. The molecule has 9 heteroatoms. The van der Waals surface area contributed by atoms with Crippen LogP contribution < -0.4 is 20.1 Å². The number of anilines is 1. The first kappa shape index (κ1) is 21.6. The zero-order valence-electron chi connectivity index (χ0n) is 18.1. The van der Waals surface area contributed by atoms with Gasteiger partial charge in [-0.25, -0.2) is 9.78 Å². The molecule has 4 rings (SSSR count). The van der Waals surface area contributed by atoms with Gasteiger partial charge < -0.3 is 20.1 Å². The van der Waals surface area contributed by atoms with Crippen molar-refractivity contribution in [2.45, 2.75) is 38.1 Å². The highest BCUT2D eigenvalue weighted by Crippen LogP contribution is 2.38. The second kappa shape index (κ2) is 8.86. The van der Waals surface area contributed by atoms with Crippen LogP contribution in [0.3, 0.4) is 0 Å². The van der Waals surface area contributed by atoms with E-state index in [9.17, 15) is 14.4 Å². The van der Waals surface area contributed by atoms with Gasteiger partial charge in [-0.1, -0.05) is 19.8 Å². The first-order chi connectivity index (χ1) is 15.4. The van der Waals surface area contributed by atoms with Crippen LogP contribution in [-0.2, 0) is 9.59 Å². The Morgan fingerprint density at radius 3 is 2.69 bits per heavy atom. The largest absolute Gasteiger partial charge is 0.497 e. The van der Waals surface area contributed by atoms with E-state index in [1.807, 2.05) is 6.92 Å². The summed E-state index contributed by atoms with van der Waals surface area (Å²) >= 11 is 0. The van der Waals surface area contributed by atoms with Crippen molar-refractivity contribution >= 4 is 23.5 Å². The molecule has 1 aliphatic carbocycles. The van der Waals surface area contributed by atoms with E-state index >= 15 is 0 Å². The van der Waals surface area contributed by atoms with Gasteiger partial charge in [-0.3, -0.25) is 14.5 Å². The molecule has 4 amide bonds. The number of aromatic nitrogens is 1. The molecule has 1 saturated heterocycles. The molecule has 1 aliphatic heterocycles. The molecule has 0 bridgehead atoms. The molecule has 2 aromatic rings. The van der Waals surface area contributed by atoms with Crippen molar-refractivity contribution in [1.82, 2.24) is 15.2 Å². The average molecular weight is 438 g/mol. The predicted molar refractivity (Wildman–Crippen MR) is 117 cm³/mol. The maximum Gasteiger partial charge on any atom is 0.325 e. The molecule has 1 saturated carbocycles. The lowest BCUT2D eigenvalue weighted by atomic mass is 9.73. The van der Waals surface area contributed by atoms with Gasteiger partial charge in [0.2, 0.25) is 11.8 Å². The summed E-state index contributed by atoms with van der Waals surface area (Å²) in [5.41, 5.74) is -0.562. The van der Waals surface area contributed by atoms with Gasteiger partial charge in [0.1, 0.15) is 29.3 Å². The Balaban J connectivity index is 1.44. The minimum absolute atomic E-state index is 0.0311. The molecule has 2 heterocycles. The fourth-order valence-corrected chi connectivity index (χ4v) is 4.30. The number of ether oxygens (including phenoxy) is 2. The molecule has 32 heavy (non-hydrogen) atoms. The topological polar surface area (TPSA) is 110 Å².